The first-order chi connectivity index (χ1) is 7.00. The minimum Gasteiger partial charge on any atom is -0.548 e. The Morgan fingerprint density at radius 1 is 1.33 bits per heavy atom. The first kappa shape index (κ1) is 11.5. The standard InChI is InChI=1S/C10H10ClNO3/c1-6(13)12-9(10(14)15)7-2-4-8(11)5-3-7/h2-5,9H,1H3,(H,12,13)(H,14,15)/p-1/t9-/m0/s1. The highest BCUT2D eigenvalue weighted by Crippen LogP contribution is 2.16. The number of benzene rings is 1. The maximum Gasteiger partial charge on any atom is 0.217 e. The van der Waals surface area contributed by atoms with Crippen molar-refractivity contribution in [2.45, 2.75) is 13.0 Å². The molecule has 0 saturated carbocycles. The van der Waals surface area contributed by atoms with Gasteiger partial charge in [0.1, 0.15) is 0 Å². The lowest BCUT2D eigenvalue weighted by atomic mass is 10.1. The van der Waals surface area contributed by atoms with E-state index < -0.39 is 17.9 Å². The Kier molecular flexibility index (Phi) is 3.68. The number of hydrogen-bond acceptors (Lipinski definition) is 3. The van der Waals surface area contributed by atoms with Crippen LogP contribution in [0, 0.1) is 0 Å². The zero-order valence-corrected chi connectivity index (χ0v) is 8.75. The second-order valence-corrected chi connectivity index (χ2v) is 3.44. The van der Waals surface area contributed by atoms with E-state index >= 15 is 0 Å². The van der Waals surface area contributed by atoms with Crippen LogP contribution in [0.15, 0.2) is 24.3 Å². The summed E-state index contributed by atoms with van der Waals surface area (Å²) < 4.78 is 0. The molecule has 0 bridgehead atoms. The minimum absolute atomic E-state index is 0.426. The summed E-state index contributed by atoms with van der Waals surface area (Å²) in [7, 11) is 0. The van der Waals surface area contributed by atoms with Crippen LogP contribution in [0.1, 0.15) is 18.5 Å². The maximum absolute atomic E-state index is 10.8. The number of rotatable bonds is 3. The largest absolute Gasteiger partial charge is 0.548 e. The Balaban J connectivity index is 2.94. The molecule has 4 nitrogen and oxygen atoms in total. The van der Waals surface area contributed by atoms with Crippen LogP contribution in [0.2, 0.25) is 5.02 Å². The second kappa shape index (κ2) is 4.79. The fourth-order valence-electron chi connectivity index (χ4n) is 1.14. The number of halogens is 1. The van der Waals surface area contributed by atoms with Crippen molar-refractivity contribution in [1.29, 1.82) is 0 Å². The van der Waals surface area contributed by atoms with Crippen molar-refractivity contribution in [2.24, 2.45) is 0 Å². The van der Waals surface area contributed by atoms with Crippen LogP contribution in [0.4, 0.5) is 0 Å². The molecular weight excluding hydrogens is 218 g/mol. The van der Waals surface area contributed by atoms with E-state index in [-0.39, 0.29) is 0 Å². The summed E-state index contributed by atoms with van der Waals surface area (Å²) in [5.41, 5.74) is 0.426. The summed E-state index contributed by atoms with van der Waals surface area (Å²) in [5.74, 6) is -1.79. The molecule has 1 amide bonds. The third kappa shape index (κ3) is 3.25. The van der Waals surface area contributed by atoms with Crippen LogP contribution in [0.25, 0.3) is 0 Å². The summed E-state index contributed by atoms with van der Waals surface area (Å²) >= 11 is 5.65. The summed E-state index contributed by atoms with van der Waals surface area (Å²) in [6.07, 6.45) is 0. The summed E-state index contributed by atoms with van der Waals surface area (Å²) in [4.78, 5) is 21.5. The monoisotopic (exact) mass is 226 g/mol. The van der Waals surface area contributed by atoms with Gasteiger partial charge in [0.05, 0.1) is 12.0 Å². The van der Waals surface area contributed by atoms with Gasteiger partial charge in [0, 0.05) is 11.9 Å². The molecule has 0 aromatic heterocycles. The van der Waals surface area contributed by atoms with Gasteiger partial charge in [-0.15, -0.1) is 0 Å². The maximum atomic E-state index is 10.8. The van der Waals surface area contributed by atoms with Crippen molar-refractivity contribution in [3.05, 3.63) is 34.9 Å². The molecule has 0 unspecified atom stereocenters. The van der Waals surface area contributed by atoms with Crippen LogP contribution in [-0.2, 0) is 9.59 Å². The molecule has 1 atom stereocenters. The van der Waals surface area contributed by atoms with E-state index in [1.54, 1.807) is 12.1 Å². The molecule has 15 heavy (non-hydrogen) atoms. The van der Waals surface area contributed by atoms with Gasteiger partial charge in [-0.05, 0) is 17.7 Å². The van der Waals surface area contributed by atoms with Gasteiger partial charge in [0.15, 0.2) is 0 Å². The summed E-state index contributed by atoms with van der Waals surface area (Å²) in [6.45, 7) is 1.24. The molecular formula is C10H9ClNO3-. The second-order valence-electron chi connectivity index (χ2n) is 3.00. The zero-order valence-electron chi connectivity index (χ0n) is 7.99. The number of carboxylic acids is 1. The predicted molar refractivity (Wildman–Crippen MR) is 53.0 cm³/mol. The molecule has 1 N–H and O–H groups in total. The lowest BCUT2D eigenvalue weighted by Gasteiger charge is -2.19. The Bertz CT molecular complexity index is 375. The van der Waals surface area contributed by atoms with Crippen LogP contribution in [0.5, 0.6) is 0 Å². The molecule has 0 aliphatic carbocycles. The fourth-order valence-corrected chi connectivity index (χ4v) is 1.26. The smallest absolute Gasteiger partial charge is 0.217 e. The molecule has 80 valence electrons. The highest BCUT2D eigenvalue weighted by atomic mass is 35.5. The topological polar surface area (TPSA) is 69.2 Å². The Hall–Kier alpha value is -1.55. The number of carboxylic acid groups (broad SMARTS) is 1. The normalized spacial score (nSPS) is 11.9. The van der Waals surface area contributed by atoms with E-state index in [0.29, 0.717) is 10.6 Å². The van der Waals surface area contributed by atoms with Crippen molar-refractivity contribution in [3.8, 4) is 0 Å². The summed E-state index contributed by atoms with van der Waals surface area (Å²) in [5, 5.41) is 13.5. The Labute approximate surface area is 91.9 Å². The number of aliphatic carboxylic acids is 1. The van der Waals surface area contributed by atoms with Gasteiger partial charge in [-0.2, -0.15) is 0 Å². The van der Waals surface area contributed by atoms with Crippen LogP contribution in [-0.4, -0.2) is 11.9 Å². The quantitative estimate of drug-likeness (QED) is 0.804. The highest BCUT2D eigenvalue weighted by Gasteiger charge is 2.13. The number of carbonyl (C=O) groups is 2. The summed E-state index contributed by atoms with van der Waals surface area (Å²) in [6, 6.07) is 5.01. The van der Waals surface area contributed by atoms with Crippen LogP contribution >= 0.6 is 11.6 Å². The number of hydrogen-bond donors (Lipinski definition) is 1. The van der Waals surface area contributed by atoms with Crippen molar-refractivity contribution in [3.63, 3.8) is 0 Å². The molecule has 0 fully saturated rings. The molecule has 0 saturated heterocycles. The average Bonchev–Trinajstić information content (AvgIpc) is 2.15. The van der Waals surface area contributed by atoms with Gasteiger partial charge in [-0.3, -0.25) is 4.79 Å². The fraction of sp³-hybridized carbons (Fsp3) is 0.200. The molecule has 1 aromatic rings. The van der Waals surface area contributed by atoms with Crippen molar-refractivity contribution < 1.29 is 14.7 Å². The van der Waals surface area contributed by atoms with E-state index in [9.17, 15) is 14.7 Å². The zero-order chi connectivity index (χ0) is 11.4. The van der Waals surface area contributed by atoms with Gasteiger partial charge in [0.2, 0.25) is 5.91 Å². The molecule has 0 spiro atoms. The van der Waals surface area contributed by atoms with Crippen molar-refractivity contribution in [1.82, 2.24) is 5.32 Å². The van der Waals surface area contributed by atoms with E-state index in [4.69, 9.17) is 11.6 Å². The Morgan fingerprint density at radius 3 is 2.27 bits per heavy atom. The molecule has 0 radical (unpaired) electrons. The van der Waals surface area contributed by atoms with Gasteiger partial charge >= 0.3 is 0 Å². The average molecular weight is 227 g/mol. The first-order valence-electron chi connectivity index (χ1n) is 4.24. The lowest BCUT2D eigenvalue weighted by Crippen LogP contribution is -2.40. The number of carbonyl (C=O) groups excluding carboxylic acids is 2. The van der Waals surface area contributed by atoms with Gasteiger partial charge in [0.25, 0.3) is 0 Å². The molecule has 1 aromatic carbocycles. The number of amides is 1. The molecule has 1 rings (SSSR count). The predicted octanol–water partition coefficient (Wildman–Crippen LogP) is 0.267. The van der Waals surface area contributed by atoms with Gasteiger partial charge in [-0.25, -0.2) is 0 Å². The van der Waals surface area contributed by atoms with E-state index in [2.05, 4.69) is 5.32 Å². The Morgan fingerprint density at radius 2 is 1.87 bits per heavy atom. The third-order valence-electron chi connectivity index (χ3n) is 1.79. The van der Waals surface area contributed by atoms with E-state index in [1.165, 1.54) is 19.1 Å². The van der Waals surface area contributed by atoms with E-state index in [1.807, 2.05) is 0 Å². The number of nitrogens with one attached hydrogen (secondary N) is 1. The van der Waals surface area contributed by atoms with Gasteiger partial charge in [-0.1, -0.05) is 23.7 Å². The SMILES string of the molecule is CC(=O)N[C@H](C(=O)[O-])c1ccc(Cl)cc1. The lowest BCUT2D eigenvalue weighted by molar-refractivity contribution is -0.308. The van der Waals surface area contributed by atoms with Crippen molar-refractivity contribution >= 4 is 23.5 Å². The minimum atomic E-state index is -1.35. The molecule has 0 heterocycles. The van der Waals surface area contributed by atoms with Crippen molar-refractivity contribution in [2.75, 3.05) is 0 Å². The van der Waals surface area contributed by atoms with Crippen LogP contribution in [0.3, 0.4) is 0 Å². The van der Waals surface area contributed by atoms with Crippen LogP contribution < -0.4 is 10.4 Å². The van der Waals surface area contributed by atoms with Gasteiger partial charge < -0.3 is 15.2 Å². The molecule has 0 aliphatic rings. The molecule has 5 heteroatoms. The molecule has 0 aliphatic heterocycles. The highest BCUT2D eigenvalue weighted by molar-refractivity contribution is 6.30. The first-order valence-corrected chi connectivity index (χ1v) is 4.62. The third-order valence-corrected chi connectivity index (χ3v) is 2.04. The van der Waals surface area contributed by atoms with E-state index in [0.717, 1.165) is 0 Å².